The second-order valence-electron chi connectivity index (χ2n) is 6.75. The smallest absolute Gasteiger partial charge is 0.279 e. The maximum atomic E-state index is 12.8. The predicted octanol–water partition coefficient (Wildman–Crippen LogP) is 3.45. The van der Waals surface area contributed by atoms with Crippen LogP contribution in [0.2, 0.25) is 0 Å². The number of H-pyrrole nitrogens is 1. The zero-order valence-electron chi connectivity index (χ0n) is 15.0. The van der Waals surface area contributed by atoms with E-state index in [1.807, 2.05) is 24.4 Å². The van der Waals surface area contributed by atoms with Crippen molar-refractivity contribution >= 4 is 23.1 Å². The van der Waals surface area contributed by atoms with Crippen LogP contribution in [0.1, 0.15) is 41.2 Å². The number of aromatic nitrogens is 3. The first-order chi connectivity index (χ1) is 12.5. The molecule has 0 bridgehead atoms. The minimum Gasteiger partial charge on any atom is -0.360 e. The molecule has 1 amide bonds. The van der Waals surface area contributed by atoms with Crippen LogP contribution in [0.4, 0.5) is 5.82 Å². The molecule has 1 aliphatic heterocycles. The van der Waals surface area contributed by atoms with Gasteiger partial charge in [-0.1, -0.05) is 11.2 Å². The molecule has 0 atom stereocenters. The minimum atomic E-state index is -0.284. The Hall–Kier alpha value is -2.45. The van der Waals surface area contributed by atoms with Crippen LogP contribution in [0.3, 0.4) is 0 Å². The first-order valence-corrected chi connectivity index (χ1v) is 9.54. The maximum Gasteiger partial charge on any atom is 0.279 e. The predicted molar refractivity (Wildman–Crippen MR) is 100 cm³/mol. The second-order valence-corrected chi connectivity index (χ2v) is 7.70. The molecule has 0 fully saturated rings. The Balaban J connectivity index is 1.56. The summed E-state index contributed by atoms with van der Waals surface area (Å²) in [4.78, 5) is 16.2. The van der Waals surface area contributed by atoms with Crippen molar-refractivity contribution < 1.29 is 9.32 Å². The molecule has 7 nitrogen and oxygen atoms in total. The molecule has 0 radical (unpaired) electrons. The highest BCUT2D eigenvalue weighted by atomic mass is 32.1. The van der Waals surface area contributed by atoms with Crippen molar-refractivity contribution in [3.63, 3.8) is 0 Å². The van der Waals surface area contributed by atoms with Crippen LogP contribution in [0.5, 0.6) is 0 Å². The van der Waals surface area contributed by atoms with Gasteiger partial charge >= 0.3 is 0 Å². The first kappa shape index (κ1) is 17.0. The molecule has 3 aromatic rings. The van der Waals surface area contributed by atoms with Gasteiger partial charge in [0.25, 0.3) is 5.91 Å². The van der Waals surface area contributed by atoms with Gasteiger partial charge in [0.1, 0.15) is 5.76 Å². The van der Waals surface area contributed by atoms with E-state index in [0.717, 1.165) is 40.4 Å². The SMILES string of the molecule is Cc1c(NC(=O)c2noc3c2CN(C(C)C)CC3)n[nH]c1-c1cccs1. The van der Waals surface area contributed by atoms with Crippen LogP contribution >= 0.6 is 11.3 Å². The van der Waals surface area contributed by atoms with Crippen LogP contribution in [-0.2, 0) is 13.0 Å². The van der Waals surface area contributed by atoms with Crippen molar-refractivity contribution in [2.24, 2.45) is 0 Å². The molecule has 0 saturated heterocycles. The number of aromatic amines is 1. The van der Waals surface area contributed by atoms with Gasteiger partial charge in [-0.3, -0.25) is 14.8 Å². The van der Waals surface area contributed by atoms with E-state index in [4.69, 9.17) is 4.52 Å². The second kappa shape index (κ2) is 6.69. The highest BCUT2D eigenvalue weighted by Crippen LogP contribution is 2.30. The van der Waals surface area contributed by atoms with Crippen LogP contribution in [0, 0.1) is 6.92 Å². The average molecular weight is 371 g/mol. The number of nitrogens with one attached hydrogen (secondary N) is 2. The molecule has 2 N–H and O–H groups in total. The largest absolute Gasteiger partial charge is 0.360 e. The number of carbonyl (C=O) groups is 1. The van der Waals surface area contributed by atoms with E-state index in [-0.39, 0.29) is 5.91 Å². The summed E-state index contributed by atoms with van der Waals surface area (Å²) >= 11 is 1.62. The Kier molecular flexibility index (Phi) is 4.37. The lowest BCUT2D eigenvalue weighted by molar-refractivity contribution is 0.101. The highest BCUT2D eigenvalue weighted by Gasteiger charge is 2.29. The van der Waals surface area contributed by atoms with E-state index in [1.54, 1.807) is 11.3 Å². The Morgan fingerprint density at radius 2 is 2.31 bits per heavy atom. The Morgan fingerprint density at radius 3 is 3.04 bits per heavy atom. The summed E-state index contributed by atoms with van der Waals surface area (Å²) in [7, 11) is 0. The fourth-order valence-electron chi connectivity index (χ4n) is 3.20. The van der Waals surface area contributed by atoms with E-state index >= 15 is 0 Å². The summed E-state index contributed by atoms with van der Waals surface area (Å²) in [5.41, 5.74) is 3.06. The van der Waals surface area contributed by atoms with Gasteiger partial charge in [-0.25, -0.2) is 0 Å². The molecule has 1 aliphatic rings. The van der Waals surface area contributed by atoms with Crippen LogP contribution in [-0.4, -0.2) is 38.7 Å². The third-order valence-corrected chi connectivity index (χ3v) is 5.70. The quantitative estimate of drug-likeness (QED) is 0.733. The number of hydrogen-bond donors (Lipinski definition) is 2. The minimum absolute atomic E-state index is 0.284. The number of thiophene rings is 1. The molecule has 4 rings (SSSR count). The number of rotatable bonds is 4. The molecule has 136 valence electrons. The van der Waals surface area contributed by atoms with Crippen LogP contribution < -0.4 is 5.32 Å². The number of hydrogen-bond acceptors (Lipinski definition) is 6. The average Bonchev–Trinajstić information content (AvgIpc) is 3.34. The van der Waals surface area contributed by atoms with Crippen LogP contribution in [0.15, 0.2) is 22.0 Å². The van der Waals surface area contributed by atoms with Crippen molar-refractivity contribution in [2.45, 2.75) is 39.8 Å². The van der Waals surface area contributed by atoms with Gasteiger partial charge in [0, 0.05) is 36.7 Å². The maximum absolute atomic E-state index is 12.8. The molecule has 0 spiro atoms. The van der Waals surface area contributed by atoms with E-state index in [0.29, 0.717) is 24.1 Å². The monoisotopic (exact) mass is 371 g/mol. The van der Waals surface area contributed by atoms with E-state index < -0.39 is 0 Å². The number of amides is 1. The van der Waals surface area contributed by atoms with Crippen LogP contribution in [0.25, 0.3) is 10.6 Å². The van der Waals surface area contributed by atoms with Gasteiger partial charge in [0.2, 0.25) is 0 Å². The van der Waals surface area contributed by atoms with Crippen molar-refractivity contribution in [2.75, 3.05) is 11.9 Å². The molecule has 3 aromatic heterocycles. The lowest BCUT2D eigenvalue weighted by Crippen LogP contribution is -2.36. The number of nitrogens with zero attached hydrogens (tertiary/aromatic N) is 3. The topological polar surface area (TPSA) is 87.1 Å². The van der Waals surface area contributed by atoms with Gasteiger partial charge in [-0.05, 0) is 32.2 Å². The Morgan fingerprint density at radius 1 is 1.46 bits per heavy atom. The van der Waals surface area contributed by atoms with Gasteiger partial charge < -0.3 is 9.84 Å². The lowest BCUT2D eigenvalue weighted by atomic mass is 10.0. The van der Waals surface area contributed by atoms with Crippen molar-refractivity contribution in [3.05, 3.63) is 40.1 Å². The summed E-state index contributed by atoms with van der Waals surface area (Å²) in [5, 5.41) is 16.2. The third-order valence-electron chi connectivity index (χ3n) is 4.81. The summed E-state index contributed by atoms with van der Waals surface area (Å²) < 4.78 is 5.40. The number of fused-ring (bicyclic) bond motifs is 1. The normalized spacial score (nSPS) is 14.6. The Labute approximate surface area is 155 Å². The zero-order chi connectivity index (χ0) is 18.3. The van der Waals surface area contributed by atoms with E-state index in [2.05, 4.69) is 39.4 Å². The summed E-state index contributed by atoms with van der Waals surface area (Å²) in [6, 6.07) is 4.42. The van der Waals surface area contributed by atoms with Gasteiger partial charge in [0.15, 0.2) is 11.5 Å². The molecule has 8 heteroatoms. The summed E-state index contributed by atoms with van der Waals surface area (Å²) in [6.07, 6.45) is 0.776. The van der Waals surface area contributed by atoms with Gasteiger partial charge in [0.05, 0.1) is 10.6 Å². The molecule has 26 heavy (non-hydrogen) atoms. The molecular formula is C18H21N5O2S. The Bertz CT molecular complexity index is 926. The fraction of sp³-hybridized carbons (Fsp3) is 0.389. The standard InChI is InChI=1S/C18H21N5O2S/c1-10(2)23-7-6-13-12(9-23)16(22-25-13)18(24)19-17-11(3)15(20-21-17)14-5-4-8-26-14/h4-5,8,10H,6-7,9H2,1-3H3,(H2,19,20,21,24). The number of anilines is 1. The van der Waals surface area contributed by atoms with Gasteiger partial charge in [-0.2, -0.15) is 5.10 Å². The van der Waals surface area contributed by atoms with Gasteiger partial charge in [-0.15, -0.1) is 11.3 Å². The third kappa shape index (κ3) is 2.95. The van der Waals surface area contributed by atoms with Crippen molar-refractivity contribution in [3.8, 4) is 10.6 Å². The summed E-state index contributed by atoms with van der Waals surface area (Å²) in [6.45, 7) is 7.84. The molecule has 0 saturated carbocycles. The van der Waals surface area contributed by atoms with E-state index in [1.165, 1.54) is 0 Å². The van der Waals surface area contributed by atoms with Crippen molar-refractivity contribution in [1.82, 2.24) is 20.3 Å². The molecule has 4 heterocycles. The van der Waals surface area contributed by atoms with Crippen molar-refractivity contribution in [1.29, 1.82) is 0 Å². The zero-order valence-corrected chi connectivity index (χ0v) is 15.8. The van der Waals surface area contributed by atoms with E-state index in [9.17, 15) is 4.79 Å². The number of carbonyl (C=O) groups excluding carboxylic acids is 1. The molecular weight excluding hydrogens is 350 g/mol. The fourth-order valence-corrected chi connectivity index (χ4v) is 3.97. The summed E-state index contributed by atoms with van der Waals surface area (Å²) in [5.74, 6) is 1.05. The molecule has 0 aliphatic carbocycles. The first-order valence-electron chi connectivity index (χ1n) is 8.66. The highest BCUT2D eigenvalue weighted by molar-refractivity contribution is 7.13. The molecule has 0 aromatic carbocycles. The lowest BCUT2D eigenvalue weighted by Gasteiger charge is -2.29. The molecule has 0 unspecified atom stereocenters.